The van der Waals surface area contributed by atoms with E-state index in [1.54, 1.807) is 0 Å². The van der Waals surface area contributed by atoms with Gasteiger partial charge in [0.25, 0.3) is 0 Å². The van der Waals surface area contributed by atoms with Gasteiger partial charge in [-0.15, -0.1) is 0 Å². The molecule has 0 aromatic carbocycles. The van der Waals surface area contributed by atoms with Gasteiger partial charge < -0.3 is 64.2 Å². The topological polar surface area (TPSA) is 231 Å². The maximum Gasteiger partial charge on any atom is 0.306 e. The van der Waals surface area contributed by atoms with E-state index < -0.39 is 92.7 Å². The normalized spacial score (nSPS) is 25.6. The lowest BCUT2D eigenvalue weighted by atomic mass is 9.98. The van der Waals surface area contributed by atoms with Gasteiger partial charge in [-0.25, -0.2) is 0 Å². The Morgan fingerprint density at radius 3 is 1.37 bits per heavy atom. The van der Waals surface area contributed by atoms with Crippen LogP contribution in [0.15, 0.2) is 36.5 Å². The Labute approximate surface area is 421 Å². The number of unbranched alkanes of at least 4 members (excludes halogenated alkanes) is 23. The molecule has 2 aliphatic heterocycles. The summed E-state index contributed by atoms with van der Waals surface area (Å²) in [5.41, 5.74) is 0. The number of allylic oxidation sites excluding steroid dienone is 6. The molecule has 0 aromatic rings. The lowest BCUT2D eigenvalue weighted by molar-refractivity contribution is -0.332. The van der Waals surface area contributed by atoms with Gasteiger partial charge in [0, 0.05) is 12.8 Å². The van der Waals surface area contributed by atoms with Crippen molar-refractivity contribution in [1.29, 1.82) is 0 Å². The van der Waals surface area contributed by atoms with Crippen LogP contribution in [0.5, 0.6) is 0 Å². The van der Waals surface area contributed by atoms with Gasteiger partial charge in [-0.05, 0) is 70.6 Å². The second kappa shape index (κ2) is 42.1. The molecule has 2 heterocycles. The molecule has 2 fully saturated rings. The number of rotatable bonds is 43. The van der Waals surface area contributed by atoms with Crippen molar-refractivity contribution in [3.8, 4) is 0 Å². The molecule has 0 bridgehead atoms. The number of esters is 2. The number of ether oxygens (including phenoxy) is 6. The predicted molar refractivity (Wildman–Crippen MR) is 270 cm³/mol. The zero-order valence-electron chi connectivity index (χ0n) is 43.3. The van der Waals surface area contributed by atoms with Gasteiger partial charge in [0.1, 0.15) is 55.4 Å². The van der Waals surface area contributed by atoms with Crippen LogP contribution in [0.2, 0.25) is 0 Å². The number of hydrogen-bond acceptors (Lipinski definition) is 15. The van der Waals surface area contributed by atoms with Gasteiger partial charge in [0.15, 0.2) is 18.7 Å². The number of hydrogen-bond donors (Lipinski definition) is 7. The fourth-order valence-corrected chi connectivity index (χ4v) is 8.54. The lowest BCUT2D eigenvalue weighted by Gasteiger charge is -2.42. The SMILES string of the molecule is CCCCC/C=C/C/C=C/CCCCCCCCCCCC(=O)OC[C@@H](CO[C@@H]1O[C@H](CO[C@@H]2O[C@H](CO)[C@H](O)C(O)C2O)[C@H](O)C(O)C1O)OC(=O)CCCCCCCCC/C=C/CCCCCC. The van der Waals surface area contributed by atoms with E-state index in [2.05, 4.69) is 50.3 Å². The molecule has 11 atom stereocenters. The van der Waals surface area contributed by atoms with Crippen LogP contribution in [0, 0.1) is 0 Å². The summed E-state index contributed by atoms with van der Waals surface area (Å²) >= 11 is 0. The van der Waals surface area contributed by atoms with E-state index in [1.165, 1.54) is 103 Å². The van der Waals surface area contributed by atoms with E-state index in [0.29, 0.717) is 12.8 Å². The fourth-order valence-electron chi connectivity index (χ4n) is 8.54. The fraction of sp³-hybridized carbons (Fsp3) is 0.855. The molecule has 2 aliphatic rings. The molecule has 0 amide bonds. The predicted octanol–water partition coefficient (Wildman–Crippen LogP) is 8.49. The molecule has 70 heavy (non-hydrogen) atoms. The van der Waals surface area contributed by atoms with Gasteiger partial charge >= 0.3 is 11.9 Å². The van der Waals surface area contributed by atoms with Crippen molar-refractivity contribution in [2.75, 3.05) is 26.4 Å². The van der Waals surface area contributed by atoms with Gasteiger partial charge in [-0.2, -0.15) is 0 Å². The number of aliphatic hydroxyl groups excluding tert-OH is 7. The van der Waals surface area contributed by atoms with Crippen LogP contribution >= 0.6 is 0 Å². The molecule has 15 heteroatoms. The highest BCUT2D eigenvalue weighted by atomic mass is 16.7. The quantitative estimate of drug-likeness (QED) is 0.0173. The first kappa shape index (κ1) is 63.8. The Morgan fingerprint density at radius 1 is 0.457 bits per heavy atom. The molecule has 408 valence electrons. The minimum absolute atomic E-state index is 0.160. The third-order valence-corrected chi connectivity index (χ3v) is 13.1. The molecule has 0 aliphatic carbocycles. The van der Waals surface area contributed by atoms with Crippen molar-refractivity contribution in [3.63, 3.8) is 0 Å². The summed E-state index contributed by atoms with van der Waals surface area (Å²) in [7, 11) is 0. The van der Waals surface area contributed by atoms with Crippen LogP contribution < -0.4 is 0 Å². The summed E-state index contributed by atoms with van der Waals surface area (Å²) in [6.45, 7) is 2.56. The van der Waals surface area contributed by atoms with Gasteiger partial charge in [-0.1, -0.05) is 159 Å². The van der Waals surface area contributed by atoms with Crippen LogP contribution in [0.25, 0.3) is 0 Å². The first-order valence-corrected chi connectivity index (χ1v) is 27.6. The van der Waals surface area contributed by atoms with E-state index in [9.17, 15) is 45.3 Å². The Morgan fingerprint density at radius 2 is 0.857 bits per heavy atom. The summed E-state index contributed by atoms with van der Waals surface area (Å²) in [6, 6.07) is 0. The second-order valence-corrected chi connectivity index (χ2v) is 19.4. The highest BCUT2D eigenvalue weighted by Gasteiger charge is 2.47. The van der Waals surface area contributed by atoms with Gasteiger partial charge in [-0.3, -0.25) is 9.59 Å². The maximum atomic E-state index is 13.0. The van der Waals surface area contributed by atoms with E-state index in [1.807, 2.05) is 0 Å². The smallest absolute Gasteiger partial charge is 0.306 e. The van der Waals surface area contributed by atoms with Crippen LogP contribution in [0.3, 0.4) is 0 Å². The van der Waals surface area contributed by atoms with E-state index >= 15 is 0 Å². The highest BCUT2D eigenvalue weighted by Crippen LogP contribution is 2.26. The largest absolute Gasteiger partial charge is 0.462 e. The Hall–Kier alpha value is -2.28. The van der Waals surface area contributed by atoms with E-state index in [-0.39, 0.29) is 26.1 Å². The minimum atomic E-state index is -1.77. The van der Waals surface area contributed by atoms with Crippen molar-refractivity contribution in [3.05, 3.63) is 36.5 Å². The Bertz CT molecular complexity index is 1360. The standard InChI is InChI=1S/C55H98O15/c1-3-5-7-9-11-13-15-17-19-20-21-22-24-25-27-29-31-33-35-37-46(57)65-40-43(68-47(58)38-36-34-32-30-28-26-23-18-16-14-12-10-8-6-4-2)41-66-54-53(64)51(62)49(60)45(70-54)42-67-55-52(63)50(61)48(59)44(39-56)69-55/h11,13-14,16-17,19,43-45,48-56,59-64H,3-10,12,15,18,20-42H2,1-2H3/b13-11+,16-14+,19-17+/t43-,44+,45+,48-,49-,50?,51?,52?,53?,54+,55+/m0/s1. The third-order valence-electron chi connectivity index (χ3n) is 13.1. The molecule has 0 aromatic heterocycles. The van der Waals surface area contributed by atoms with Crippen LogP contribution in [0.1, 0.15) is 206 Å². The molecule has 2 saturated heterocycles. The molecule has 7 N–H and O–H groups in total. The average molecular weight is 999 g/mol. The van der Waals surface area contributed by atoms with Crippen LogP contribution in [0.4, 0.5) is 0 Å². The zero-order valence-corrected chi connectivity index (χ0v) is 43.3. The van der Waals surface area contributed by atoms with Crippen molar-refractivity contribution in [1.82, 2.24) is 0 Å². The van der Waals surface area contributed by atoms with E-state index in [0.717, 1.165) is 64.2 Å². The molecule has 0 radical (unpaired) electrons. The molecular formula is C55H98O15. The monoisotopic (exact) mass is 999 g/mol. The van der Waals surface area contributed by atoms with Crippen molar-refractivity contribution < 1.29 is 73.8 Å². The Kier molecular flexibility index (Phi) is 38.4. The van der Waals surface area contributed by atoms with Crippen LogP contribution in [-0.4, -0.2) is 142 Å². The third kappa shape index (κ3) is 29.4. The summed E-state index contributed by atoms with van der Waals surface area (Å²) in [4.78, 5) is 25.8. The van der Waals surface area contributed by atoms with Crippen molar-refractivity contribution in [2.45, 2.75) is 274 Å². The number of carbonyl (C=O) groups excluding carboxylic acids is 2. The summed E-state index contributed by atoms with van der Waals surface area (Å²) in [5.74, 6) is -0.930. The molecule has 0 spiro atoms. The second-order valence-electron chi connectivity index (χ2n) is 19.4. The maximum absolute atomic E-state index is 13.0. The molecule has 0 saturated carbocycles. The van der Waals surface area contributed by atoms with Crippen molar-refractivity contribution >= 4 is 11.9 Å². The molecule has 2 rings (SSSR count). The summed E-state index contributed by atoms with van der Waals surface area (Å²) < 4.78 is 33.6. The van der Waals surface area contributed by atoms with Gasteiger partial charge in [0.05, 0.1) is 19.8 Å². The first-order valence-electron chi connectivity index (χ1n) is 27.6. The van der Waals surface area contributed by atoms with E-state index in [4.69, 9.17) is 28.4 Å². The Balaban J connectivity index is 1.77. The number of carbonyl (C=O) groups is 2. The minimum Gasteiger partial charge on any atom is -0.462 e. The number of aliphatic hydroxyl groups is 7. The highest BCUT2D eigenvalue weighted by molar-refractivity contribution is 5.70. The van der Waals surface area contributed by atoms with Crippen molar-refractivity contribution in [2.24, 2.45) is 0 Å². The average Bonchev–Trinajstić information content (AvgIpc) is 3.35. The summed E-state index contributed by atoms with van der Waals surface area (Å²) in [5, 5.41) is 72.2. The molecular weight excluding hydrogens is 901 g/mol. The first-order chi connectivity index (χ1) is 34.0. The van der Waals surface area contributed by atoms with Gasteiger partial charge in [0.2, 0.25) is 0 Å². The van der Waals surface area contributed by atoms with Crippen LogP contribution in [-0.2, 0) is 38.0 Å². The summed E-state index contributed by atoms with van der Waals surface area (Å²) in [6.07, 6.45) is 28.7. The lowest BCUT2D eigenvalue weighted by Crippen LogP contribution is -2.61. The molecule has 15 nitrogen and oxygen atoms in total. The zero-order chi connectivity index (χ0) is 51.0. The molecule has 4 unspecified atom stereocenters.